The molecule has 2 saturated heterocycles. The second-order valence-electron chi connectivity index (χ2n) is 6.58. The third-order valence-corrected chi connectivity index (χ3v) is 4.96. The van der Waals surface area contributed by atoms with Crippen molar-refractivity contribution in [2.45, 2.75) is 32.1 Å². The van der Waals surface area contributed by atoms with E-state index in [9.17, 15) is 18.4 Å². The van der Waals surface area contributed by atoms with E-state index in [0.29, 0.717) is 25.9 Å². The van der Waals surface area contributed by atoms with Crippen LogP contribution in [0.4, 0.5) is 8.78 Å². The number of carbonyl (C=O) groups excluding carboxylic acids is 2. The van der Waals surface area contributed by atoms with Gasteiger partial charge in [0, 0.05) is 38.2 Å². The van der Waals surface area contributed by atoms with Crippen molar-refractivity contribution in [1.82, 2.24) is 9.80 Å². The van der Waals surface area contributed by atoms with Crippen molar-refractivity contribution in [3.8, 4) is 0 Å². The quantitative estimate of drug-likeness (QED) is 0.833. The van der Waals surface area contributed by atoms with Crippen molar-refractivity contribution in [2.75, 3.05) is 26.2 Å². The Morgan fingerprint density at radius 3 is 2.21 bits per heavy atom. The summed E-state index contributed by atoms with van der Waals surface area (Å²) in [5.74, 6) is -1.84. The molecule has 3 rings (SSSR count). The Morgan fingerprint density at radius 2 is 1.58 bits per heavy atom. The Hall–Kier alpha value is -1.98. The summed E-state index contributed by atoms with van der Waals surface area (Å²) in [6.07, 6.45) is 4.51. The predicted octanol–water partition coefficient (Wildman–Crippen LogP) is 2.83. The van der Waals surface area contributed by atoms with Gasteiger partial charge in [0.25, 0.3) is 5.91 Å². The van der Waals surface area contributed by atoms with E-state index in [1.807, 2.05) is 4.90 Å². The van der Waals surface area contributed by atoms with Gasteiger partial charge in [-0.1, -0.05) is 0 Å². The molecule has 24 heavy (non-hydrogen) atoms. The van der Waals surface area contributed by atoms with E-state index in [1.165, 1.54) is 12.5 Å². The van der Waals surface area contributed by atoms with Crippen molar-refractivity contribution in [1.29, 1.82) is 0 Å². The Morgan fingerprint density at radius 1 is 0.917 bits per heavy atom. The number of piperidine rings is 2. The van der Waals surface area contributed by atoms with Gasteiger partial charge in [0.05, 0.1) is 5.56 Å². The molecule has 1 aromatic rings. The largest absolute Gasteiger partial charge is 0.342 e. The number of carbonyl (C=O) groups is 2. The molecule has 0 saturated carbocycles. The van der Waals surface area contributed by atoms with E-state index < -0.39 is 17.5 Å². The van der Waals surface area contributed by atoms with E-state index in [4.69, 9.17) is 0 Å². The minimum absolute atomic E-state index is 0.0507. The molecule has 4 nitrogen and oxygen atoms in total. The topological polar surface area (TPSA) is 40.6 Å². The summed E-state index contributed by atoms with van der Waals surface area (Å²) in [7, 11) is 0. The number of hydrogen-bond donors (Lipinski definition) is 0. The Kier molecular flexibility index (Phi) is 5.11. The first-order chi connectivity index (χ1) is 11.6. The van der Waals surface area contributed by atoms with Crippen LogP contribution in [-0.2, 0) is 4.79 Å². The smallest absolute Gasteiger partial charge is 0.256 e. The predicted molar refractivity (Wildman–Crippen MR) is 85.4 cm³/mol. The van der Waals surface area contributed by atoms with Gasteiger partial charge in [-0.2, -0.15) is 0 Å². The molecular weight excluding hydrogens is 314 g/mol. The number of rotatable bonds is 2. The molecule has 0 N–H and O–H groups in total. The minimum Gasteiger partial charge on any atom is -0.342 e. The maximum absolute atomic E-state index is 13.8. The summed E-state index contributed by atoms with van der Waals surface area (Å²) < 4.78 is 26.7. The van der Waals surface area contributed by atoms with Crippen LogP contribution in [0.2, 0.25) is 0 Å². The molecule has 0 bridgehead atoms. The van der Waals surface area contributed by atoms with Crippen LogP contribution < -0.4 is 0 Å². The molecule has 0 aliphatic carbocycles. The molecule has 130 valence electrons. The van der Waals surface area contributed by atoms with E-state index >= 15 is 0 Å². The lowest BCUT2D eigenvalue weighted by molar-refractivity contribution is -0.137. The lowest BCUT2D eigenvalue weighted by Gasteiger charge is -2.35. The van der Waals surface area contributed by atoms with Crippen LogP contribution in [0.3, 0.4) is 0 Å². The van der Waals surface area contributed by atoms with Gasteiger partial charge in [-0.05, 0) is 44.2 Å². The number of nitrogens with zero attached hydrogens (tertiary/aromatic N) is 2. The second-order valence-corrected chi connectivity index (χ2v) is 6.58. The summed E-state index contributed by atoms with van der Waals surface area (Å²) in [5, 5.41) is 0. The molecule has 0 atom stereocenters. The lowest BCUT2D eigenvalue weighted by atomic mass is 9.94. The Bertz CT molecular complexity index is 621. The van der Waals surface area contributed by atoms with Gasteiger partial charge >= 0.3 is 0 Å². The standard InChI is InChI=1S/C18H22F2N2O2/c19-14-4-5-15(16(20)12-14)18(24)22-10-6-13(7-11-22)17(23)21-8-2-1-3-9-21/h4-5,12-13H,1-3,6-11H2. The van der Waals surface area contributed by atoms with Gasteiger partial charge in [-0.3, -0.25) is 9.59 Å². The van der Waals surface area contributed by atoms with Crippen LogP contribution in [0, 0.1) is 17.6 Å². The summed E-state index contributed by atoms with van der Waals surface area (Å²) in [5.41, 5.74) is -0.114. The number of hydrogen-bond acceptors (Lipinski definition) is 2. The van der Waals surface area contributed by atoms with E-state index in [1.54, 1.807) is 4.90 Å². The molecule has 2 fully saturated rings. The summed E-state index contributed by atoms with van der Waals surface area (Å²) in [6.45, 7) is 2.53. The molecular formula is C18H22F2N2O2. The summed E-state index contributed by atoms with van der Waals surface area (Å²) >= 11 is 0. The van der Waals surface area contributed by atoms with Crippen LogP contribution in [0.25, 0.3) is 0 Å². The van der Waals surface area contributed by atoms with Crippen molar-refractivity contribution in [2.24, 2.45) is 5.92 Å². The number of likely N-dealkylation sites (tertiary alicyclic amines) is 2. The van der Waals surface area contributed by atoms with Gasteiger partial charge in [-0.25, -0.2) is 8.78 Å². The third-order valence-electron chi connectivity index (χ3n) is 4.96. The van der Waals surface area contributed by atoms with Crippen LogP contribution >= 0.6 is 0 Å². The molecule has 0 spiro atoms. The SMILES string of the molecule is O=C(c1ccc(F)cc1F)N1CCC(C(=O)N2CCCCC2)CC1. The number of benzene rings is 1. The van der Waals surface area contributed by atoms with Crippen LogP contribution in [0.1, 0.15) is 42.5 Å². The normalized spacial score (nSPS) is 19.4. The Labute approximate surface area is 140 Å². The summed E-state index contributed by atoms with van der Waals surface area (Å²) in [4.78, 5) is 28.4. The van der Waals surface area contributed by atoms with E-state index in [2.05, 4.69) is 0 Å². The van der Waals surface area contributed by atoms with Crippen molar-refractivity contribution < 1.29 is 18.4 Å². The van der Waals surface area contributed by atoms with Crippen molar-refractivity contribution in [3.05, 3.63) is 35.4 Å². The van der Waals surface area contributed by atoms with Gasteiger partial charge in [-0.15, -0.1) is 0 Å². The molecule has 2 aliphatic rings. The zero-order chi connectivity index (χ0) is 17.1. The molecule has 0 unspecified atom stereocenters. The highest BCUT2D eigenvalue weighted by atomic mass is 19.1. The zero-order valence-electron chi connectivity index (χ0n) is 13.6. The van der Waals surface area contributed by atoms with Crippen molar-refractivity contribution in [3.63, 3.8) is 0 Å². The van der Waals surface area contributed by atoms with Gasteiger partial charge < -0.3 is 9.80 Å². The average molecular weight is 336 g/mol. The second kappa shape index (κ2) is 7.28. The molecule has 0 aromatic heterocycles. The van der Waals surface area contributed by atoms with Crippen LogP contribution in [0.15, 0.2) is 18.2 Å². The first kappa shape index (κ1) is 16.9. The van der Waals surface area contributed by atoms with Gasteiger partial charge in [0.15, 0.2) is 0 Å². The maximum Gasteiger partial charge on any atom is 0.256 e. The fraction of sp³-hybridized carbons (Fsp3) is 0.556. The molecule has 1 aromatic carbocycles. The maximum atomic E-state index is 13.8. The van der Waals surface area contributed by atoms with Crippen LogP contribution in [-0.4, -0.2) is 47.8 Å². The molecule has 2 aliphatic heterocycles. The molecule has 6 heteroatoms. The minimum atomic E-state index is -0.841. The van der Waals surface area contributed by atoms with Crippen molar-refractivity contribution >= 4 is 11.8 Å². The summed E-state index contributed by atoms with van der Waals surface area (Å²) in [6, 6.07) is 2.99. The van der Waals surface area contributed by atoms with Gasteiger partial charge in [0.1, 0.15) is 11.6 Å². The van der Waals surface area contributed by atoms with Crippen LogP contribution in [0.5, 0.6) is 0 Å². The van der Waals surface area contributed by atoms with E-state index in [0.717, 1.165) is 38.1 Å². The third kappa shape index (κ3) is 3.57. The average Bonchev–Trinajstić information content (AvgIpc) is 2.61. The monoisotopic (exact) mass is 336 g/mol. The molecule has 2 heterocycles. The first-order valence-electron chi connectivity index (χ1n) is 8.59. The highest BCUT2D eigenvalue weighted by molar-refractivity contribution is 5.94. The fourth-order valence-corrected chi connectivity index (χ4v) is 3.54. The number of halogens is 2. The first-order valence-corrected chi connectivity index (χ1v) is 8.59. The fourth-order valence-electron chi connectivity index (χ4n) is 3.54. The van der Waals surface area contributed by atoms with Gasteiger partial charge in [0.2, 0.25) is 5.91 Å². The molecule has 2 amide bonds. The highest BCUT2D eigenvalue weighted by Gasteiger charge is 2.31. The zero-order valence-corrected chi connectivity index (χ0v) is 13.6. The lowest BCUT2D eigenvalue weighted by Crippen LogP contribution is -2.45. The number of amides is 2. The highest BCUT2D eigenvalue weighted by Crippen LogP contribution is 2.23. The van der Waals surface area contributed by atoms with E-state index in [-0.39, 0.29) is 17.4 Å². The Balaban J connectivity index is 1.58. The molecule has 0 radical (unpaired) electrons.